The van der Waals surface area contributed by atoms with Crippen molar-refractivity contribution in [2.75, 3.05) is 18.2 Å². The van der Waals surface area contributed by atoms with Crippen LogP contribution in [0.4, 0.5) is 5.69 Å². The molecule has 146 valence electrons. The van der Waals surface area contributed by atoms with Gasteiger partial charge in [0.25, 0.3) is 5.56 Å². The van der Waals surface area contributed by atoms with Crippen molar-refractivity contribution in [3.05, 3.63) is 58.9 Å². The summed E-state index contributed by atoms with van der Waals surface area (Å²) >= 11 is 1.59. The highest BCUT2D eigenvalue weighted by atomic mass is 32.2. The second kappa shape index (κ2) is 6.97. The molecule has 0 spiro atoms. The van der Waals surface area contributed by atoms with Crippen molar-refractivity contribution in [3.63, 3.8) is 0 Å². The Morgan fingerprint density at radius 2 is 2.00 bits per heavy atom. The van der Waals surface area contributed by atoms with Crippen LogP contribution in [-0.4, -0.2) is 32.9 Å². The molecule has 0 radical (unpaired) electrons. The molecule has 1 amide bonds. The fourth-order valence-corrected chi connectivity index (χ4v) is 4.65. The number of amides is 1. The molecule has 0 saturated heterocycles. The minimum atomic E-state index is -0.211. The fraction of sp³-hybridized carbons (Fsp3) is 0.190. The molecular weight excluding hydrogens is 388 g/mol. The van der Waals surface area contributed by atoms with Crippen molar-refractivity contribution >= 4 is 45.3 Å². The van der Waals surface area contributed by atoms with Gasteiger partial charge in [-0.3, -0.25) is 14.2 Å². The zero-order chi connectivity index (χ0) is 20.0. The number of methoxy groups -OCH3 is 1. The zero-order valence-corrected chi connectivity index (χ0v) is 16.5. The van der Waals surface area contributed by atoms with Crippen molar-refractivity contribution in [3.8, 4) is 5.75 Å². The number of anilines is 1. The van der Waals surface area contributed by atoms with Gasteiger partial charge in [0.05, 0.1) is 12.6 Å². The molecule has 2 aromatic heterocycles. The van der Waals surface area contributed by atoms with Crippen LogP contribution in [0.1, 0.15) is 0 Å². The number of hydrogen-bond donors (Lipinski definition) is 1. The minimum Gasteiger partial charge on any atom is -0.497 e. The largest absolute Gasteiger partial charge is 0.497 e. The average molecular weight is 406 g/mol. The normalized spacial score (nSPS) is 13.0. The van der Waals surface area contributed by atoms with Crippen LogP contribution in [0, 0.1) is 0 Å². The van der Waals surface area contributed by atoms with E-state index in [1.807, 2.05) is 24.3 Å². The molecule has 0 bridgehead atoms. The molecule has 3 heterocycles. The topological polar surface area (TPSA) is 78.2 Å². The number of thioether (sulfide) groups is 1. The first-order valence-corrected chi connectivity index (χ1v) is 10.2. The van der Waals surface area contributed by atoms with Gasteiger partial charge in [-0.05, 0) is 30.3 Å². The van der Waals surface area contributed by atoms with Gasteiger partial charge in [0.2, 0.25) is 5.91 Å². The van der Waals surface area contributed by atoms with Gasteiger partial charge in [-0.15, -0.1) is 0 Å². The van der Waals surface area contributed by atoms with E-state index in [1.54, 1.807) is 52.3 Å². The monoisotopic (exact) mass is 406 g/mol. The van der Waals surface area contributed by atoms with E-state index in [-0.39, 0.29) is 18.0 Å². The van der Waals surface area contributed by atoms with Crippen LogP contribution in [-0.2, 0) is 17.9 Å². The second-order valence-corrected chi connectivity index (χ2v) is 7.84. The summed E-state index contributed by atoms with van der Waals surface area (Å²) in [6, 6.07) is 14.8. The average Bonchev–Trinajstić information content (AvgIpc) is 3.33. The Kier molecular flexibility index (Phi) is 4.28. The summed E-state index contributed by atoms with van der Waals surface area (Å²) in [7, 11) is 1.59. The Balaban J connectivity index is 1.58. The molecule has 4 aromatic rings. The highest BCUT2D eigenvalue weighted by Crippen LogP contribution is 2.30. The van der Waals surface area contributed by atoms with Crippen LogP contribution in [0.2, 0.25) is 0 Å². The summed E-state index contributed by atoms with van der Waals surface area (Å²) in [6.07, 6.45) is 0. The van der Waals surface area contributed by atoms with Gasteiger partial charge in [0.15, 0.2) is 5.16 Å². The van der Waals surface area contributed by atoms with Crippen molar-refractivity contribution in [2.24, 2.45) is 0 Å². The van der Waals surface area contributed by atoms with Gasteiger partial charge < -0.3 is 14.6 Å². The van der Waals surface area contributed by atoms with E-state index in [4.69, 9.17) is 9.72 Å². The lowest BCUT2D eigenvalue weighted by molar-refractivity contribution is -0.116. The maximum absolute atomic E-state index is 13.2. The van der Waals surface area contributed by atoms with Crippen molar-refractivity contribution in [1.82, 2.24) is 14.1 Å². The molecular formula is C21H18N4O3S. The molecule has 8 heteroatoms. The Morgan fingerprint density at radius 1 is 1.21 bits per heavy atom. The summed E-state index contributed by atoms with van der Waals surface area (Å²) < 4.78 is 8.61. The SMILES string of the molecule is COc1ccc(NC(=O)Cn2c3ccccc3c3nc4n(c(=O)c32)CCS4)cc1. The van der Waals surface area contributed by atoms with E-state index >= 15 is 0 Å². The quantitative estimate of drug-likeness (QED) is 0.527. The summed E-state index contributed by atoms with van der Waals surface area (Å²) in [5, 5.41) is 4.51. The zero-order valence-electron chi connectivity index (χ0n) is 15.7. The number of carbonyl (C=O) groups excluding carboxylic acids is 1. The van der Waals surface area contributed by atoms with E-state index < -0.39 is 0 Å². The fourth-order valence-electron chi connectivity index (χ4n) is 3.70. The molecule has 7 nitrogen and oxygen atoms in total. The molecule has 29 heavy (non-hydrogen) atoms. The number of aromatic nitrogens is 3. The number of ether oxygens (including phenoxy) is 1. The first-order chi connectivity index (χ1) is 14.2. The van der Waals surface area contributed by atoms with E-state index in [1.165, 1.54) is 0 Å². The number of rotatable bonds is 4. The van der Waals surface area contributed by atoms with Crippen molar-refractivity contribution < 1.29 is 9.53 Å². The summed E-state index contributed by atoms with van der Waals surface area (Å²) in [5.74, 6) is 1.35. The van der Waals surface area contributed by atoms with E-state index in [0.29, 0.717) is 23.3 Å². The highest BCUT2D eigenvalue weighted by molar-refractivity contribution is 7.99. The Morgan fingerprint density at radius 3 is 2.79 bits per heavy atom. The molecule has 1 aliphatic heterocycles. The predicted octanol–water partition coefficient (Wildman–Crippen LogP) is 3.10. The van der Waals surface area contributed by atoms with Crippen molar-refractivity contribution in [1.29, 1.82) is 0 Å². The summed E-state index contributed by atoms with van der Waals surface area (Å²) in [5.41, 5.74) is 2.53. The molecule has 1 aliphatic rings. The van der Waals surface area contributed by atoms with Gasteiger partial charge in [0, 0.05) is 23.4 Å². The molecule has 0 atom stereocenters. The Hall–Kier alpha value is -3.26. The third kappa shape index (κ3) is 2.96. The van der Waals surface area contributed by atoms with Gasteiger partial charge in [0.1, 0.15) is 23.3 Å². The maximum atomic E-state index is 13.2. The lowest BCUT2D eigenvalue weighted by atomic mass is 10.2. The lowest BCUT2D eigenvalue weighted by Crippen LogP contribution is -2.25. The maximum Gasteiger partial charge on any atom is 0.278 e. The van der Waals surface area contributed by atoms with Crippen LogP contribution in [0.5, 0.6) is 5.75 Å². The summed E-state index contributed by atoms with van der Waals surface area (Å²) in [4.78, 5) is 30.7. The Labute approximate surface area is 170 Å². The van der Waals surface area contributed by atoms with Crippen LogP contribution in [0.25, 0.3) is 21.9 Å². The van der Waals surface area contributed by atoms with E-state index in [0.717, 1.165) is 27.6 Å². The first-order valence-electron chi connectivity index (χ1n) is 9.24. The minimum absolute atomic E-state index is 0.0272. The number of benzene rings is 2. The number of hydrogen-bond acceptors (Lipinski definition) is 5. The lowest BCUT2D eigenvalue weighted by Gasteiger charge is -2.10. The van der Waals surface area contributed by atoms with Crippen LogP contribution < -0.4 is 15.6 Å². The standard InChI is InChI=1S/C21H18N4O3S/c1-28-14-8-6-13(7-9-14)22-17(26)12-25-16-5-3-2-4-15(16)18-19(25)20(27)24-10-11-29-21(24)23-18/h2-9H,10-12H2,1H3,(H,22,26). The van der Waals surface area contributed by atoms with Crippen LogP contribution in [0.15, 0.2) is 58.5 Å². The van der Waals surface area contributed by atoms with Gasteiger partial charge in [-0.1, -0.05) is 30.0 Å². The molecule has 1 N–H and O–H groups in total. The third-order valence-electron chi connectivity index (χ3n) is 5.05. The number of para-hydroxylation sites is 1. The van der Waals surface area contributed by atoms with E-state index in [2.05, 4.69) is 5.32 Å². The molecule has 0 fully saturated rings. The number of nitrogens with zero attached hydrogens (tertiary/aromatic N) is 3. The smallest absolute Gasteiger partial charge is 0.278 e. The molecule has 0 saturated carbocycles. The van der Waals surface area contributed by atoms with Gasteiger partial charge in [-0.25, -0.2) is 4.98 Å². The first kappa shape index (κ1) is 17.8. The number of nitrogens with one attached hydrogen (secondary N) is 1. The highest BCUT2D eigenvalue weighted by Gasteiger charge is 2.23. The molecule has 0 aliphatic carbocycles. The van der Waals surface area contributed by atoms with Gasteiger partial charge >= 0.3 is 0 Å². The summed E-state index contributed by atoms with van der Waals surface area (Å²) in [6.45, 7) is 0.667. The third-order valence-corrected chi connectivity index (χ3v) is 6.01. The predicted molar refractivity (Wildman–Crippen MR) is 114 cm³/mol. The number of carbonyl (C=O) groups is 1. The number of fused-ring (bicyclic) bond motifs is 4. The van der Waals surface area contributed by atoms with Gasteiger partial charge in [-0.2, -0.15) is 0 Å². The van der Waals surface area contributed by atoms with Crippen molar-refractivity contribution in [2.45, 2.75) is 18.2 Å². The Bertz CT molecular complexity index is 1310. The molecule has 5 rings (SSSR count). The molecule has 0 unspecified atom stereocenters. The van der Waals surface area contributed by atoms with E-state index in [9.17, 15) is 9.59 Å². The van der Waals surface area contributed by atoms with Crippen LogP contribution >= 0.6 is 11.8 Å². The van der Waals surface area contributed by atoms with Crippen LogP contribution in [0.3, 0.4) is 0 Å². The second-order valence-electron chi connectivity index (χ2n) is 6.78. The molecule has 2 aromatic carbocycles.